The number of hydrogen-bond acceptors (Lipinski definition) is 3. The van der Waals surface area contributed by atoms with Crippen molar-refractivity contribution in [2.45, 2.75) is 44.8 Å². The minimum absolute atomic E-state index is 0.307. The van der Waals surface area contributed by atoms with E-state index < -0.39 is 8.32 Å². The van der Waals surface area contributed by atoms with E-state index in [1.807, 2.05) is 7.11 Å². The molecule has 3 nitrogen and oxygen atoms in total. The topological polar surface area (TPSA) is 15.7 Å². The van der Waals surface area contributed by atoms with Crippen LogP contribution in [0, 0.1) is 5.41 Å². The van der Waals surface area contributed by atoms with Gasteiger partial charge >= 0.3 is 0 Å². The molecule has 0 aromatic heterocycles. The Morgan fingerprint density at radius 3 is 1.92 bits per heavy atom. The largest absolute Gasteiger partial charge is 0.420 e. The third-order valence-electron chi connectivity index (χ3n) is 5.54. The van der Waals surface area contributed by atoms with Gasteiger partial charge in [-0.1, -0.05) is 44.2 Å². The van der Waals surface area contributed by atoms with Gasteiger partial charge in [-0.15, -0.1) is 0 Å². The molecular formula is C21H40N2OSi. The standard InChI is InChI=1S/C21H40N2OSi/c1-8-21(17-22(3)4,18-23(5)6)19-25(9-2,24-7)16-15-20-13-11-10-12-14-20/h10-14H,8-9,15-19H2,1-7H3. The first-order chi connectivity index (χ1) is 11.8. The van der Waals surface area contributed by atoms with Gasteiger partial charge in [0.1, 0.15) is 0 Å². The summed E-state index contributed by atoms with van der Waals surface area (Å²) in [6.07, 6.45) is 2.34. The van der Waals surface area contributed by atoms with Crippen molar-refractivity contribution in [3.05, 3.63) is 35.9 Å². The number of hydrogen-bond donors (Lipinski definition) is 0. The fourth-order valence-corrected chi connectivity index (χ4v) is 8.26. The number of aryl methyl sites for hydroxylation is 1. The Kier molecular flexibility index (Phi) is 9.36. The zero-order chi connectivity index (χ0) is 18.9. The van der Waals surface area contributed by atoms with E-state index >= 15 is 0 Å². The molecule has 0 saturated heterocycles. The second-order valence-corrected chi connectivity index (χ2v) is 12.6. The maximum atomic E-state index is 6.33. The highest BCUT2D eigenvalue weighted by Gasteiger charge is 2.42. The lowest BCUT2D eigenvalue weighted by Gasteiger charge is -2.43. The molecule has 0 amide bonds. The molecule has 0 radical (unpaired) electrons. The highest BCUT2D eigenvalue weighted by molar-refractivity contribution is 6.73. The van der Waals surface area contributed by atoms with Gasteiger partial charge < -0.3 is 14.2 Å². The summed E-state index contributed by atoms with van der Waals surface area (Å²) in [5.74, 6) is 0. The molecule has 0 aliphatic heterocycles. The van der Waals surface area contributed by atoms with E-state index in [0.29, 0.717) is 5.41 Å². The minimum Gasteiger partial charge on any atom is -0.420 e. The molecule has 1 unspecified atom stereocenters. The third kappa shape index (κ3) is 7.22. The van der Waals surface area contributed by atoms with Gasteiger partial charge in [0.05, 0.1) is 0 Å². The molecule has 1 rings (SSSR count). The van der Waals surface area contributed by atoms with E-state index in [1.54, 1.807) is 0 Å². The molecule has 1 aromatic carbocycles. The van der Waals surface area contributed by atoms with Crippen LogP contribution in [0.15, 0.2) is 30.3 Å². The van der Waals surface area contributed by atoms with E-state index in [-0.39, 0.29) is 0 Å². The van der Waals surface area contributed by atoms with E-state index in [0.717, 1.165) is 19.5 Å². The van der Waals surface area contributed by atoms with Gasteiger partial charge in [-0.2, -0.15) is 0 Å². The van der Waals surface area contributed by atoms with E-state index in [2.05, 4.69) is 82.2 Å². The molecule has 0 fully saturated rings. The molecular weight excluding hydrogens is 324 g/mol. The van der Waals surface area contributed by atoms with Crippen LogP contribution in [-0.4, -0.2) is 66.5 Å². The molecule has 0 aliphatic carbocycles. The van der Waals surface area contributed by atoms with Gasteiger partial charge in [0, 0.05) is 20.2 Å². The minimum atomic E-state index is -1.77. The summed E-state index contributed by atoms with van der Waals surface area (Å²) in [4.78, 5) is 4.71. The summed E-state index contributed by atoms with van der Waals surface area (Å²) in [6.45, 7) is 6.96. The molecule has 0 N–H and O–H groups in total. The number of nitrogens with zero attached hydrogens (tertiary/aromatic N) is 2. The molecule has 0 bridgehead atoms. The normalized spacial score (nSPS) is 14.9. The van der Waals surface area contributed by atoms with Crippen molar-refractivity contribution in [2.24, 2.45) is 5.41 Å². The lowest BCUT2D eigenvalue weighted by molar-refractivity contribution is 0.149. The second-order valence-electron chi connectivity index (χ2n) is 8.23. The highest BCUT2D eigenvalue weighted by Crippen LogP contribution is 2.38. The van der Waals surface area contributed by atoms with Gasteiger partial charge in [-0.25, -0.2) is 0 Å². The Morgan fingerprint density at radius 2 is 1.52 bits per heavy atom. The Morgan fingerprint density at radius 1 is 0.960 bits per heavy atom. The molecule has 25 heavy (non-hydrogen) atoms. The van der Waals surface area contributed by atoms with E-state index in [4.69, 9.17) is 4.43 Å². The third-order valence-corrected chi connectivity index (χ3v) is 10.3. The maximum Gasteiger partial charge on any atom is 0.192 e. The lowest BCUT2D eigenvalue weighted by atomic mass is 9.86. The second kappa shape index (κ2) is 10.5. The van der Waals surface area contributed by atoms with Gasteiger partial charge in [-0.3, -0.25) is 0 Å². The lowest BCUT2D eigenvalue weighted by Crippen LogP contribution is -2.49. The number of benzene rings is 1. The fourth-order valence-electron chi connectivity index (χ4n) is 4.26. The van der Waals surface area contributed by atoms with Crippen molar-refractivity contribution in [3.8, 4) is 0 Å². The molecule has 0 aliphatic rings. The van der Waals surface area contributed by atoms with Crippen molar-refractivity contribution < 1.29 is 4.43 Å². The van der Waals surface area contributed by atoms with Crippen LogP contribution in [0.5, 0.6) is 0 Å². The van der Waals surface area contributed by atoms with Crippen LogP contribution >= 0.6 is 0 Å². The Hall–Kier alpha value is -0.683. The van der Waals surface area contributed by atoms with Crippen molar-refractivity contribution in [1.29, 1.82) is 0 Å². The fraction of sp³-hybridized carbons (Fsp3) is 0.714. The monoisotopic (exact) mass is 364 g/mol. The van der Waals surface area contributed by atoms with Gasteiger partial charge in [0.25, 0.3) is 0 Å². The summed E-state index contributed by atoms with van der Waals surface area (Å²) in [5.41, 5.74) is 1.74. The first-order valence-electron chi connectivity index (χ1n) is 9.69. The Labute approximate surface area is 157 Å². The first-order valence-corrected chi connectivity index (χ1v) is 12.2. The summed E-state index contributed by atoms with van der Waals surface area (Å²) in [5, 5.41) is 0. The summed E-state index contributed by atoms with van der Waals surface area (Å²) in [6, 6.07) is 14.5. The maximum absolute atomic E-state index is 6.33. The summed E-state index contributed by atoms with van der Waals surface area (Å²) >= 11 is 0. The quantitative estimate of drug-likeness (QED) is 0.513. The van der Waals surface area contributed by atoms with Crippen LogP contribution in [0.25, 0.3) is 0 Å². The predicted molar refractivity (Wildman–Crippen MR) is 113 cm³/mol. The van der Waals surface area contributed by atoms with Crippen molar-refractivity contribution in [1.82, 2.24) is 9.80 Å². The molecule has 0 spiro atoms. The molecule has 4 heteroatoms. The molecule has 144 valence electrons. The van der Waals surface area contributed by atoms with Crippen LogP contribution in [0.3, 0.4) is 0 Å². The Bertz CT molecular complexity index is 462. The first kappa shape index (κ1) is 22.4. The van der Waals surface area contributed by atoms with Crippen LogP contribution in [0.4, 0.5) is 0 Å². The van der Waals surface area contributed by atoms with Gasteiger partial charge in [0.2, 0.25) is 0 Å². The van der Waals surface area contributed by atoms with E-state index in [9.17, 15) is 0 Å². The predicted octanol–water partition coefficient (Wildman–Crippen LogP) is 4.36. The van der Waals surface area contributed by atoms with Crippen molar-refractivity contribution >= 4 is 8.32 Å². The number of rotatable bonds is 12. The zero-order valence-corrected chi connectivity index (χ0v) is 18.6. The molecule has 1 aromatic rings. The summed E-state index contributed by atoms with van der Waals surface area (Å²) < 4.78 is 6.33. The van der Waals surface area contributed by atoms with Crippen molar-refractivity contribution in [3.63, 3.8) is 0 Å². The van der Waals surface area contributed by atoms with Crippen molar-refractivity contribution in [2.75, 3.05) is 48.4 Å². The summed E-state index contributed by atoms with van der Waals surface area (Å²) in [7, 11) is 9.00. The average Bonchev–Trinajstić information content (AvgIpc) is 2.58. The van der Waals surface area contributed by atoms with Crippen LogP contribution < -0.4 is 0 Å². The zero-order valence-electron chi connectivity index (χ0n) is 17.6. The molecule has 0 saturated carbocycles. The average molecular weight is 365 g/mol. The highest BCUT2D eigenvalue weighted by atomic mass is 28.4. The Balaban J connectivity index is 2.99. The molecule has 0 heterocycles. The van der Waals surface area contributed by atoms with Crippen LogP contribution in [0.2, 0.25) is 18.1 Å². The van der Waals surface area contributed by atoms with Gasteiger partial charge in [-0.05, 0) is 70.1 Å². The SMILES string of the molecule is CCC(CN(C)C)(CN(C)C)C[Si](CC)(CCc1ccccc1)OC. The smallest absolute Gasteiger partial charge is 0.192 e. The van der Waals surface area contributed by atoms with Gasteiger partial charge in [0.15, 0.2) is 8.32 Å². The molecule has 1 atom stereocenters. The van der Waals surface area contributed by atoms with E-state index in [1.165, 1.54) is 30.1 Å². The van der Waals surface area contributed by atoms with Crippen LogP contribution in [0.1, 0.15) is 25.8 Å². The van der Waals surface area contributed by atoms with Crippen LogP contribution in [-0.2, 0) is 10.8 Å².